The first-order valence-electron chi connectivity index (χ1n) is 8.07. The average Bonchev–Trinajstić information content (AvgIpc) is 2.59. The first-order valence-corrected chi connectivity index (χ1v) is 8.07. The van der Waals surface area contributed by atoms with E-state index in [1.807, 2.05) is 26.0 Å². The molecule has 0 atom stereocenters. The summed E-state index contributed by atoms with van der Waals surface area (Å²) in [5, 5.41) is 3.68. The summed E-state index contributed by atoms with van der Waals surface area (Å²) in [6.45, 7) is 4.12. The normalized spacial score (nSPS) is 10.8. The molecule has 25 heavy (non-hydrogen) atoms. The Labute approximate surface area is 144 Å². The Bertz CT molecular complexity index is 991. The molecule has 0 bridgehead atoms. The summed E-state index contributed by atoms with van der Waals surface area (Å²) in [5.41, 5.74) is 4.00. The van der Waals surface area contributed by atoms with Crippen molar-refractivity contribution in [2.75, 3.05) is 0 Å². The molecule has 0 fully saturated rings. The predicted octanol–water partition coefficient (Wildman–Crippen LogP) is 3.14. The number of H-pyrrole nitrogens is 1. The number of amides is 1. The lowest BCUT2D eigenvalue weighted by Crippen LogP contribution is -2.28. The summed E-state index contributed by atoms with van der Waals surface area (Å²) < 4.78 is 12.9. The second-order valence-corrected chi connectivity index (χ2v) is 6.18. The maximum atomic E-state index is 12.9. The van der Waals surface area contributed by atoms with Crippen molar-refractivity contribution in [3.8, 4) is 0 Å². The standard InChI is InChI=1S/C20H19FN2O2/c1-12-3-6-15-10-16(20(25)23-19(15)13(12)2)11-22-18(24)9-14-4-7-17(21)8-5-14/h3-8,10H,9,11H2,1-2H3,(H,22,24)(H,23,25). The van der Waals surface area contributed by atoms with E-state index < -0.39 is 0 Å². The van der Waals surface area contributed by atoms with Crippen molar-refractivity contribution in [1.82, 2.24) is 10.3 Å². The van der Waals surface area contributed by atoms with Crippen LogP contribution in [0.2, 0.25) is 0 Å². The Hall–Kier alpha value is -2.95. The lowest BCUT2D eigenvalue weighted by molar-refractivity contribution is -0.120. The molecule has 1 heterocycles. The maximum absolute atomic E-state index is 12.9. The number of carbonyl (C=O) groups excluding carboxylic acids is 1. The maximum Gasteiger partial charge on any atom is 0.253 e. The minimum atomic E-state index is -0.336. The topological polar surface area (TPSA) is 62.0 Å². The van der Waals surface area contributed by atoms with Gasteiger partial charge in [-0.05, 0) is 54.1 Å². The van der Waals surface area contributed by atoms with Gasteiger partial charge < -0.3 is 10.3 Å². The van der Waals surface area contributed by atoms with E-state index in [4.69, 9.17) is 0 Å². The summed E-state index contributed by atoms with van der Waals surface area (Å²) in [4.78, 5) is 27.2. The van der Waals surface area contributed by atoms with Crippen molar-refractivity contribution >= 4 is 16.8 Å². The van der Waals surface area contributed by atoms with Crippen LogP contribution < -0.4 is 10.9 Å². The van der Waals surface area contributed by atoms with Crippen LogP contribution >= 0.6 is 0 Å². The largest absolute Gasteiger partial charge is 0.352 e. The summed E-state index contributed by atoms with van der Waals surface area (Å²) in [7, 11) is 0. The summed E-state index contributed by atoms with van der Waals surface area (Å²) in [6.07, 6.45) is 0.143. The number of aryl methyl sites for hydroxylation is 2. The molecule has 0 saturated carbocycles. The van der Waals surface area contributed by atoms with E-state index >= 15 is 0 Å². The van der Waals surface area contributed by atoms with Gasteiger partial charge in [-0.15, -0.1) is 0 Å². The number of pyridine rings is 1. The van der Waals surface area contributed by atoms with Gasteiger partial charge in [-0.1, -0.05) is 24.3 Å². The molecule has 2 aromatic carbocycles. The molecule has 128 valence electrons. The molecule has 0 aliphatic rings. The quantitative estimate of drug-likeness (QED) is 0.768. The molecule has 0 unspecified atom stereocenters. The smallest absolute Gasteiger partial charge is 0.253 e. The van der Waals surface area contributed by atoms with Crippen LogP contribution in [0.25, 0.3) is 10.9 Å². The van der Waals surface area contributed by atoms with Crippen LogP contribution in [0.4, 0.5) is 4.39 Å². The minimum Gasteiger partial charge on any atom is -0.352 e. The Morgan fingerprint density at radius 1 is 1.12 bits per heavy atom. The number of aromatic amines is 1. The van der Waals surface area contributed by atoms with Crippen molar-refractivity contribution in [2.24, 2.45) is 0 Å². The molecule has 0 spiro atoms. The number of aromatic nitrogens is 1. The number of nitrogens with one attached hydrogen (secondary N) is 2. The fourth-order valence-electron chi connectivity index (χ4n) is 2.75. The van der Waals surface area contributed by atoms with Gasteiger partial charge in [-0.2, -0.15) is 0 Å². The summed E-state index contributed by atoms with van der Waals surface area (Å²) >= 11 is 0. The van der Waals surface area contributed by atoms with Crippen LogP contribution in [-0.4, -0.2) is 10.9 Å². The third-order valence-corrected chi connectivity index (χ3v) is 4.38. The van der Waals surface area contributed by atoms with E-state index in [1.54, 1.807) is 18.2 Å². The number of carbonyl (C=O) groups is 1. The molecule has 1 aromatic heterocycles. The lowest BCUT2D eigenvalue weighted by Gasteiger charge is -2.09. The van der Waals surface area contributed by atoms with Gasteiger partial charge >= 0.3 is 0 Å². The molecule has 0 aliphatic heterocycles. The van der Waals surface area contributed by atoms with Gasteiger partial charge in [0.2, 0.25) is 5.91 Å². The van der Waals surface area contributed by atoms with Crippen LogP contribution in [-0.2, 0) is 17.8 Å². The molecule has 0 aliphatic carbocycles. The SMILES string of the molecule is Cc1ccc2cc(CNC(=O)Cc3ccc(F)cc3)c(=O)[nH]c2c1C. The number of fused-ring (bicyclic) bond motifs is 1. The molecular formula is C20H19FN2O2. The highest BCUT2D eigenvalue weighted by molar-refractivity contribution is 5.83. The Morgan fingerprint density at radius 2 is 1.84 bits per heavy atom. The molecule has 3 aromatic rings. The van der Waals surface area contributed by atoms with Crippen molar-refractivity contribution in [3.05, 3.63) is 80.9 Å². The molecule has 0 saturated heterocycles. The van der Waals surface area contributed by atoms with Crippen LogP contribution in [0.3, 0.4) is 0 Å². The molecule has 3 rings (SSSR count). The van der Waals surface area contributed by atoms with Crippen molar-refractivity contribution in [3.63, 3.8) is 0 Å². The van der Waals surface area contributed by atoms with Crippen LogP contribution in [0.15, 0.2) is 47.3 Å². The van der Waals surface area contributed by atoms with Crippen LogP contribution in [0, 0.1) is 19.7 Å². The van der Waals surface area contributed by atoms with Crippen molar-refractivity contribution in [2.45, 2.75) is 26.8 Å². The third-order valence-electron chi connectivity index (χ3n) is 4.38. The van der Waals surface area contributed by atoms with Crippen molar-refractivity contribution in [1.29, 1.82) is 0 Å². The Kier molecular flexibility index (Phi) is 4.65. The number of halogens is 1. The molecule has 5 heteroatoms. The van der Waals surface area contributed by atoms with Gasteiger partial charge in [0.05, 0.1) is 11.9 Å². The highest BCUT2D eigenvalue weighted by Crippen LogP contribution is 2.18. The zero-order chi connectivity index (χ0) is 18.0. The van der Waals surface area contributed by atoms with Gasteiger partial charge in [-0.25, -0.2) is 4.39 Å². The highest BCUT2D eigenvalue weighted by atomic mass is 19.1. The van der Waals surface area contributed by atoms with E-state index in [-0.39, 0.29) is 30.2 Å². The fourth-order valence-corrected chi connectivity index (χ4v) is 2.75. The molecule has 2 N–H and O–H groups in total. The van der Waals surface area contributed by atoms with Gasteiger partial charge in [0.25, 0.3) is 5.56 Å². The van der Waals surface area contributed by atoms with Gasteiger partial charge in [-0.3, -0.25) is 9.59 Å². The van der Waals surface area contributed by atoms with Crippen molar-refractivity contribution < 1.29 is 9.18 Å². The first-order chi connectivity index (χ1) is 11.9. The zero-order valence-corrected chi connectivity index (χ0v) is 14.2. The molecule has 4 nitrogen and oxygen atoms in total. The van der Waals surface area contributed by atoms with Gasteiger partial charge in [0.15, 0.2) is 0 Å². The zero-order valence-electron chi connectivity index (χ0n) is 14.2. The number of rotatable bonds is 4. The summed E-state index contributed by atoms with van der Waals surface area (Å²) in [6, 6.07) is 11.6. The van der Waals surface area contributed by atoms with Gasteiger partial charge in [0.1, 0.15) is 5.82 Å². The Balaban J connectivity index is 1.73. The fraction of sp³-hybridized carbons (Fsp3) is 0.200. The first kappa shape index (κ1) is 16.9. The second kappa shape index (κ2) is 6.89. The second-order valence-electron chi connectivity index (χ2n) is 6.18. The van der Waals surface area contributed by atoms with E-state index in [0.29, 0.717) is 5.56 Å². The Morgan fingerprint density at radius 3 is 2.56 bits per heavy atom. The van der Waals surface area contributed by atoms with E-state index in [0.717, 1.165) is 27.6 Å². The monoisotopic (exact) mass is 338 g/mol. The highest BCUT2D eigenvalue weighted by Gasteiger charge is 2.08. The predicted molar refractivity (Wildman–Crippen MR) is 96.0 cm³/mol. The molecule has 0 radical (unpaired) electrons. The number of hydrogen-bond acceptors (Lipinski definition) is 2. The van der Waals surface area contributed by atoms with E-state index in [2.05, 4.69) is 10.3 Å². The molecular weight excluding hydrogens is 319 g/mol. The minimum absolute atomic E-state index is 0.143. The van der Waals surface area contributed by atoms with E-state index in [9.17, 15) is 14.0 Å². The lowest BCUT2D eigenvalue weighted by atomic mass is 10.0. The third kappa shape index (κ3) is 3.76. The van der Waals surface area contributed by atoms with E-state index in [1.165, 1.54) is 12.1 Å². The molecule has 1 amide bonds. The van der Waals surface area contributed by atoms with Gasteiger partial charge in [0, 0.05) is 12.1 Å². The number of hydrogen-bond donors (Lipinski definition) is 2. The number of benzene rings is 2. The summed E-state index contributed by atoms with van der Waals surface area (Å²) in [5.74, 6) is -0.552. The van der Waals surface area contributed by atoms with Crippen LogP contribution in [0.5, 0.6) is 0 Å². The van der Waals surface area contributed by atoms with Crippen LogP contribution in [0.1, 0.15) is 22.3 Å². The average molecular weight is 338 g/mol.